The topological polar surface area (TPSA) is 57.2 Å². The van der Waals surface area contributed by atoms with Crippen molar-refractivity contribution in [2.45, 2.75) is 25.0 Å². The van der Waals surface area contributed by atoms with E-state index >= 15 is 0 Å². The van der Waals surface area contributed by atoms with Crippen LogP contribution in [0.25, 0.3) is 0 Å². The summed E-state index contributed by atoms with van der Waals surface area (Å²) in [4.78, 5) is 14.6. The van der Waals surface area contributed by atoms with E-state index in [1.807, 2.05) is 42.5 Å². The second-order valence-electron chi connectivity index (χ2n) is 7.13. The van der Waals surface area contributed by atoms with Crippen LogP contribution in [0.1, 0.15) is 23.2 Å². The van der Waals surface area contributed by atoms with Gasteiger partial charge in [0.2, 0.25) is 0 Å². The van der Waals surface area contributed by atoms with Crippen molar-refractivity contribution in [1.29, 1.82) is 0 Å². The Morgan fingerprint density at radius 2 is 1.89 bits per heavy atom. The third kappa shape index (κ3) is 4.22. The van der Waals surface area contributed by atoms with Gasteiger partial charge in [-0.1, -0.05) is 24.3 Å². The van der Waals surface area contributed by atoms with Gasteiger partial charge in [-0.15, -0.1) is 0 Å². The number of likely N-dealkylation sites (N-methyl/N-ethyl adjacent to an activating group) is 1. The molecule has 28 heavy (non-hydrogen) atoms. The molecule has 0 radical (unpaired) electrons. The fourth-order valence-electron chi connectivity index (χ4n) is 3.47. The van der Waals surface area contributed by atoms with E-state index in [1.165, 1.54) is 0 Å². The van der Waals surface area contributed by atoms with Crippen LogP contribution < -0.4 is 14.2 Å². The van der Waals surface area contributed by atoms with Crippen molar-refractivity contribution in [3.8, 4) is 17.2 Å². The van der Waals surface area contributed by atoms with Gasteiger partial charge in [-0.05, 0) is 37.1 Å². The number of carbonyl (C=O) groups excluding carboxylic acids is 1. The quantitative estimate of drug-likeness (QED) is 0.767. The Morgan fingerprint density at radius 1 is 1.11 bits per heavy atom. The summed E-state index contributed by atoms with van der Waals surface area (Å²) in [6, 6.07) is 14.9. The van der Waals surface area contributed by atoms with Crippen LogP contribution in [-0.4, -0.2) is 56.4 Å². The van der Waals surface area contributed by atoms with Gasteiger partial charge in [-0.25, -0.2) is 0 Å². The van der Waals surface area contributed by atoms with Crippen molar-refractivity contribution in [1.82, 2.24) is 4.90 Å². The first-order valence-electron chi connectivity index (χ1n) is 9.68. The Labute approximate surface area is 165 Å². The molecule has 2 aliphatic heterocycles. The van der Waals surface area contributed by atoms with Gasteiger partial charge in [0.05, 0.1) is 18.2 Å². The molecular formula is C22H25NO5. The van der Waals surface area contributed by atoms with Crippen molar-refractivity contribution in [2.24, 2.45) is 0 Å². The number of carbonyl (C=O) groups is 1. The van der Waals surface area contributed by atoms with Gasteiger partial charge in [0.15, 0.2) is 17.6 Å². The molecule has 0 N–H and O–H groups in total. The van der Waals surface area contributed by atoms with Crippen LogP contribution in [0.15, 0.2) is 48.5 Å². The van der Waals surface area contributed by atoms with Crippen molar-refractivity contribution >= 4 is 5.91 Å². The lowest BCUT2D eigenvalue weighted by Gasteiger charge is -2.29. The molecule has 0 spiro atoms. The molecular weight excluding hydrogens is 358 g/mol. The van der Waals surface area contributed by atoms with Crippen molar-refractivity contribution < 1.29 is 23.7 Å². The largest absolute Gasteiger partial charge is 0.490 e. The molecule has 6 heteroatoms. The fraction of sp³-hybridized carbons (Fsp3) is 0.409. The summed E-state index contributed by atoms with van der Waals surface area (Å²) in [5.41, 5.74) is 0.542. The van der Waals surface area contributed by atoms with Gasteiger partial charge in [-0.2, -0.15) is 0 Å². The molecule has 148 valence electrons. The molecule has 2 aromatic carbocycles. The maximum atomic E-state index is 13.0. The van der Waals surface area contributed by atoms with Gasteiger partial charge in [0.25, 0.3) is 5.91 Å². The smallest absolute Gasteiger partial charge is 0.257 e. The first kappa shape index (κ1) is 18.6. The maximum Gasteiger partial charge on any atom is 0.257 e. The van der Waals surface area contributed by atoms with Crippen molar-refractivity contribution in [3.63, 3.8) is 0 Å². The van der Waals surface area contributed by atoms with Crippen LogP contribution in [0.3, 0.4) is 0 Å². The molecule has 6 nitrogen and oxygen atoms in total. The number of nitrogens with zero attached hydrogens (tertiary/aromatic N) is 1. The monoisotopic (exact) mass is 383 g/mol. The van der Waals surface area contributed by atoms with E-state index < -0.39 is 0 Å². The summed E-state index contributed by atoms with van der Waals surface area (Å²) in [5.74, 6) is 1.92. The second-order valence-corrected chi connectivity index (χ2v) is 7.13. The zero-order chi connectivity index (χ0) is 19.3. The molecule has 2 aliphatic rings. The average Bonchev–Trinajstić information content (AvgIpc) is 3.25. The highest BCUT2D eigenvalue weighted by atomic mass is 16.6. The van der Waals surface area contributed by atoms with Crippen LogP contribution in [0.5, 0.6) is 17.2 Å². The standard InChI is InChI=1S/C22H25NO5/c1-23(13-17-15-27-20-10-4-5-11-21(20)28-17)22(24)18-8-2-3-9-19(18)26-14-16-7-6-12-25-16/h2-5,8-11,16-17H,6-7,12-15H2,1H3. The predicted octanol–water partition coefficient (Wildman–Crippen LogP) is 3.16. The van der Waals surface area contributed by atoms with E-state index in [4.69, 9.17) is 18.9 Å². The first-order valence-corrected chi connectivity index (χ1v) is 9.68. The summed E-state index contributed by atoms with van der Waals surface area (Å²) < 4.78 is 23.2. The zero-order valence-electron chi connectivity index (χ0n) is 16.0. The Hall–Kier alpha value is -2.73. The number of para-hydroxylation sites is 3. The molecule has 0 aliphatic carbocycles. The minimum atomic E-state index is -0.219. The third-order valence-electron chi connectivity index (χ3n) is 4.96. The van der Waals surface area contributed by atoms with Crippen molar-refractivity contribution in [2.75, 3.05) is 33.4 Å². The summed E-state index contributed by atoms with van der Waals surface area (Å²) in [6.07, 6.45) is 1.94. The lowest BCUT2D eigenvalue weighted by atomic mass is 10.1. The highest BCUT2D eigenvalue weighted by Gasteiger charge is 2.25. The highest BCUT2D eigenvalue weighted by molar-refractivity contribution is 5.96. The number of fused-ring (bicyclic) bond motifs is 1. The molecule has 1 amide bonds. The van der Waals surface area contributed by atoms with Gasteiger partial charge in [-0.3, -0.25) is 4.79 Å². The summed E-state index contributed by atoms with van der Waals surface area (Å²) in [6.45, 7) is 2.08. The van der Waals surface area contributed by atoms with Crippen LogP contribution >= 0.6 is 0 Å². The van der Waals surface area contributed by atoms with Crippen LogP contribution in [-0.2, 0) is 4.74 Å². The first-order chi connectivity index (χ1) is 13.7. The zero-order valence-corrected chi connectivity index (χ0v) is 16.0. The molecule has 0 aromatic heterocycles. The predicted molar refractivity (Wildman–Crippen MR) is 104 cm³/mol. The van der Waals surface area contributed by atoms with E-state index in [1.54, 1.807) is 18.0 Å². The van der Waals surface area contributed by atoms with Gasteiger partial charge in [0.1, 0.15) is 19.0 Å². The van der Waals surface area contributed by atoms with Crippen molar-refractivity contribution in [3.05, 3.63) is 54.1 Å². The van der Waals surface area contributed by atoms with Crippen LogP contribution in [0.4, 0.5) is 0 Å². The van der Waals surface area contributed by atoms with Gasteiger partial charge >= 0.3 is 0 Å². The highest BCUT2D eigenvalue weighted by Crippen LogP contribution is 2.31. The summed E-state index contributed by atoms with van der Waals surface area (Å²) in [5, 5.41) is 0. The molecule has 1 fully saturated rings. The molecule has 2 unspecified atom stereocenters. The molecule has 1 saturated heterocycles. The van der Waals surface area contributed by atoms with E-state index in [-0.39, 0.29) is 18.1 Å². The molecule has 2 heterocycles. The lowest BCUT2D eigenvalue weighted by Crippen LogP contribution is -2.41. The summed E-state index contributed by atoms with van der Waals surface area (Å²) >= 11 is 0. The second kappa shape index (κ2) is 8.52. The number of benzene rings is 2. The van der Waals surface area contributed by atoms with E-state index in [0.717, 1.165) is 25.2 Å². The number of hydrogen-bond donors (Lipinski definition) is 0. The van der Waals surface area contributed by atoms with Crippen LogP contribution in [0, 0.1) is 0 Å². The van der Waals surface area contributed by atoms with Crippen LogP contribution in [0.2, 0.25) is 0 Å². The third-order valence-corrected chi connectivity index (χ3v) is 4.96. The van der Waals surface area contributed by atoms with Gasteiger partial charge in [0, 0.05) is 13.7 Å². The minimum Gasteiger partial charge on any atom is -0.490 e. The maximum absolute atomic E-state index is 13.0. The Kier molecular flexibility index (Phi) is 5.67. The lowest BCUT2D eigenvalue weighted by molar-refractivity contribution is 0.0509. The van der Waals surface area contributed by atoms with E-state index in [9.17, 15) is 4.79 Å². The Morgan fingerprint density at radius 3 is 2.71 bits per heavy atom. The normalized spacial score (nSPS) is 20.6. The molecule has 2 aromatic rings. The Bertz CT molecular complexity index is 818. The minimum absolute atomic E-state index is 0.105. The summed E-state index contributed by atoms with van der Waals surface area (Å²) in [7, 11) is 1.77. The van der Waals surface area contributed by atoms with Gasteiger partial charge < -0.3 is 23.8 Å². The fourth-order valence-corrected chi connectivity index (χ4v) is 3.47. The molecule has 4 rings (SSSR count). The van der Waals surface area contributed by atoms with E-state index in [2.05, 4.69) is 0 Å². The Balaban J connectivity index is 1.38. The number of rotatable bonds is 6. The number of hydrogen-bond acceptors (Lipinski definition) is 5. The number of amides is 1. The molecule has 0 bridgehead atoms. The molecule has 0 saturated carbocycles. The van der Waals surface area contributed by atoms with E-state index in [0.29, 0.717) is 36.8 Å². The molecule has 2 atom stereocenters. The SMILES string of the molecule is CN(CC1COc2ccccc2O1)C(=O)c1ccccc1OCC1CCCO1. The average molecular weight is 383 g/mol. The number of ether oxygens (including phenoxy) is 4.